The zero-order valence-electron chi connectivity index (χ0n) is 8.96. The van der Waals surface area contributed by atoms with Gasteiger partial charge in [0.2, 0.25) is 0 Å². The quantitative estimate of drug-likeness (QED) is 0.876. The summed E-state index contributed by atoms with van der Waals surface area (Å²) in [5.41, 5.74) is 8.54. The lowest BCUT2D eigenvalue weighted by atomic mass is 10.2. The number of aromatic nitrogens is 2. The summed E-state index contributed by atoms with van der Waals surface area (Å²) < 4.78 is 2.71. The topological polar surface area (TPSA) is 43.8 Å². The molecule has 0 spiro atoms. The number of nitrogens with two attached hydrogens (primary N) is 1. The van der Waals surface area contributed by atoms with Crippen molar-refractivity contribution in [2.24, 2.45) is 0 Å². The Kier molecular flexibility index (Phi) is 2.95. The van der Waals surface area contributed by atoms with E-state index in [0.29, 0.717) is 10.8 Å². The summed E-state index contributed by atoms with van der Waals surface area (Å²) in [6, 6.07) is 5.66. The Morgan fingerprint density at radius 3 is 2.56 bits per heavy atom. The van der Waals surface area contributed by atoms with Crippen LogP contribution in [0.5, 0.6) is 0 Å². The van der Waals surface area contributed by atoms with Crippen molar-refractivity contribution in [3.8, 4) is 5.69 Å². The van der Waals surface area contributed by atoms with Crippen LogP contribution in [0.25, 0.3) is 5.69 Å². The van der Waals surface area contributed by atoms with Crippen molar-refractivity contribution in [2.75, 3.05) is 5.73 Å². The van der Waals surface area contributed by atoms with Crippen LogP contribution < -0.4 is 5.73 Å². The van der Waals surface area contributed by atoms with Crippen LogP contribution in [0.4, 0.5) is 5.82 Å². The number of nitrogen functional groups attached to an aromatic ring is 1. The first-order chi connectivity index (χ1) is 7.49. The molecule has 16 heavy (non-hydrogen) atoms. The third kappa shape index (κ3) is 1.95. The number of rotatable bonds is 1. The maximum atomic E-state index is 6.10. The number of aryl methyl sites for hydroxylation is 2. The SMILES string of the molecule is Cc1cc(Br)c(-n2nc(N)cc2C)cc1Cl. The first kappa shape index (κ1) is 11.5. The van der Waals surface area contributed by atoms with E-state index in [1.54, 1.807) is 4.68 Å². The first-order valence-electron chi connectivity index (χ1n) is 4.77. The number of hydrogen-bond acceptors (Lipinski definition) is 2. The van der Waals surface area contributed by atoms with E-state index in [0.717, 1.165) is 21.4 Å². The molecule has 0 aliphatic rings. The third-order valence-corrected chi connectivity index (χ3v) is 3.40. The fourth-order valence-electron chi connectivity index (χ4n) is 1.54. The zero-order valence-corrected chi connectivity index (χ0v) is 11.3. The highest BCUT2D eigenvalue weighted by molar-refractivity contribution is 9.10. The van der Waals surface area contributed by atoms with Crippen LogP contribution in [0, 0.1) is 13.8 Å². The van der Waals surface area contributed by atoms with Gasteiger partial charge in [0.25, 0.3) is 0 Å². The Bertz CT molecular complexity index is 548. The fraction of sp³-hybridized carbons (Fsp3) is 0.182. The van der Waals surface area contributed by atoms with Crippen LogP contribution in [0.2, 0.25) is 5.02 Å². The van der Waals surface area contributed by atoms with Gasteiger partial charge in [0.05, 0.1) is 5.69 Å². The van der Waals surface area contributed by atoms with Gasteiger partial charge >= 0.3 is 0 Å². The van der Waals surface area contributed by atoms with E-state index >= 15 is 0 Å². The summed E-state index contributed by atoms with van der Waals surface area (Å²) in [7, 11) is 0. The Hall–Kier alpha value is -1.00. The van der Waals surface area contributed by atoms with Crippen LogP contribution in [0.1, 0.15) is 11.3 Å². The lowest BCUT2D eigenvalue weighted by molar-refractivity contribution is 0.847. The molecule has 0 saturated heterocycles. The van der Waals surface area contributed by atoms with E-state index in [1.165, 1.54) is 0 Å². The van der Waals surface area contributed by atoms with Gasteiger partial charge in [-0.2, -0.15) is 5.10 Å². The summed E-state index contributed by atoms with van der Waals surface area (Å²) in [4.78, 5) is 0. The molecule has 2 aromatic rings. The Morgan fingerprint density at radius 1 is 1.31 bits per heavy atom. The normalized spacial score (nSPS) is 10.8. The molecule has 2 rings (SSSR count). The number of nitrogens with zero attached hydrogens (tertiary/aromatic N) is 2. The van der Waals surface area contributed by atoms with Crippen molar-refractivity contribution >= 4 is 33.3 Å². The molecule has 0 aliphatic carbocycles. The molecule has 0 aliphatic heterocycles. The number of anilines is 1. The van der Waals surface area contributed by atoms with E-state index in [1.807, 2.05) is 32.0 Å². The van der Waals surface area contributed by atoms with Crippen molar-refractivity contribution in [2.45, 2.75) is 13.8 Å². The molecule has 0 bridgehead atoms. The summed E-state index contributed by atoms with van der Waals surface area (Å²) in [5.74, 6) is 0.501. The molecule has 0 unspecified atom stereocenters. The predicted octanol–water partition coefficient (Wildman–Crippen LogP) is 3.49. The lowest BCUT2D eigenvalue weighted by Crippen LogP contribution is -2.01. The molecule has 3 nitrogen and oxygen atoms in total. The minimum absolute atomic E-state index is 0.501. The smallest absolute Gasteiger partial charge is 0.146 e. The highest BCUT2D eigenvalue weighted by atomic mass is 79.9. The van der Waals surface area contributed by atoms with Crippen LogP contribution in [0.15, 0.2) is 22.7 Å². The van der Waals surface area contributed by atoms with Gasteiger partial charge in [0.1, 0.15) is 5.82 Å². The van der Waals surface area contributed by atoms with Crippen molar-refractivity contribution in [3.05, 3.63) is 39.0 Å². The van der Waals surface area contributed by atoms with Crippen molar-refractivity contribution in [1.82, 2.24) is 9.78 Å². The van der Waals surface area contributed by atoms with Gasteiger partial charge < -0.3 is 5.73 Å². The zero-order chi connectivity index (χ0) is 11.9. The van der Waals surface area contributed by atoms with E-state index < -0.39 is 0 Å². The minimum Gasteiger partial charge on any atom is -0.382 e. The van der Waals surface area contributed by atoms with Gasteiger partial charge in [-0.05, 0) is 47.5 Å². The van der Waals surface area contributed by atoms with Gasteiger partial charge in [0, 0.05) is 21.3 Å². The number of halogens is 2. The maximum absolute atomic E-state index is 6.10. The largest absolute Gasteiger partial charge is 0.382 e. The molecule has 5 heteroatoms. The molecular formula is C11H11BrClN3. The van der Waals surface area contributed by atoms with E-state index in [9.17, 15) is 0 Å². The summed E-state index contributed by atoms with van der Waals surface area (Å²) >= 11 is 9.60. The van der Waals surface area contributed by atoms with Crippen molar-refractivity contribution in [3.63, 3.8) is 0 Å². The van der Waals surface area contributed by atoms with Crippen LogP contribution in [-0.4, -0.2) is 9.78 Å². The van der Waals surface area contributed by atoms with E-state index in [4.69, 9.17) is 17.3 Å². The predicted molar refractivity (Wildman–Crippen MR) is 70.2 cm³/mol. The molecule has 84 valence electrons. The van der Waals surface area contributed by atoms with Gasteiger partial charge in [-0.25, -0.2) is 4.68 Å². The van der Waals surface area contributed by atoms with E-state index in [2.05, 4.69) is 21.0 Å². The van der Waals surface area contributed by atoms with E-state index in [-0.39, 0.29) is 0 Å². The monoisotopic (exact) mass is 299 g/mol. The number of benzene rings is 1. The molecular weight excluding hydrogens is 289 g/mol. The molecule has 1 aromatic heterocycles. The summed E-state index contributed by atoms with van der Waals surface area (Å²) in [6.45, 7) is 3.91. The Morgan fingerprint density at radius 2 is 2.00 bits per heavy atom. The van der Waals surface area contributed by atoms with Gasteiger partial charge in [-0.3, -0.25) is 0 Å². The lowest BCUT2D eigenvalue weighted by Gasteiger charge is -2.09. The molecule has 0 radical (unpaired) electrons. The highest BCUT2D eigenvalue weighted by Crippen LogP contribution is 2.28. The molecule has 1 heterocycles. The van der Waals surface area contributed by atoms with Crippen LogP contribution in [-0.2, 0) is 0 Å². The van der Waals surface area contributed by atoms with Gasteiger partial charge in [0.15, 0.2) is 0 Å². The summed E-state index contributed by atoms with van der Waals surface area (Å²) in [6.07, 6.45) is 0. The second-order valence-electron chi connectivity index (χ2n) is 3.68. The Balaban J connectivity index is 2.64. The Labute approximate surface area is 107 Å². The second-order valence-corrected chi connectivity index (χ2v) is 4.94. The molecule has 0 atom stereocenters. The van der Waals surface area contributed by atoms with Crippen LogP contribution in [0.3, 0.4) is 0 Å². The maximum Gasteiger partial charge on any atom is 0.146 e. The van der Waals surface area contributed by atoms with Gasteiger partial charge in [-0.15, -0.1) is 0 Å². The second kappa shape index (κ2) is 4.11. The van der Waals surface area contributed by atoms with Crippen molar-refractivity contribution in [1.29, 1.82) is 0 Å². The highest BCUT2D eigenvalue weighted by Gasteiger charge is 2.10. The third-order valence-electron chi connectivity index (χ3n) is 2.36. The molecule has 0 saturated carbocycles. The standard InChI is InChI=1S/C11H11BrClN3/c1-6-3-8(12)10(5-9(6)13)16-7(2)4-11(14)15-16/h3-5H,1-2H3,(H2,14,15). The summed E-state index contributed by atoms with van der Waals surface area (Å²) in [5, 5.41) is 4.93. The molecule has 2 N–H and O–H groups in total. The van der Waals surface area contributed by atoms with Crippen molar-refractivity contribution < 1.29 is 0 Å². The molecule has 1 aromatic carbocycles. The first-order valence-corrected chi connectivity index (χ1v) is 5.94. The molecule has 0 amide bonds. The average Bonchev–Trinajstić information content (AvgIpc) is 2.51. The van der Waals surface area contributed by atoms with Crippen LogP contribution >= 0.6 is 27.5 Å². The fourth-order valence-corrected chi connectivity index (χ4v) is 2.32. The minimum atomic E-state index is 0.501. The molecule has 0 fully saturated rings. The van der Waals surface area contributed by atoms with Gasteiger partial charge in [-0.1, -0.05) is 11.6 Å². The number of hydrogen-bond donors (Lipinski definition) is 1. The average molecular weight is 301 g/mol.